The van der Waals surface area contributed by atoms with Gasteiger partial charge in [-0.05, 0) is 48.7 Å². The number of carbonyl (C=O) groups excluding carboxylic acids is 1. The van der Waals surface area contributed by atoms with Gasteiger partial charge in [0.2, 0.25) is 6.79 Å². The zero-order chi connectivity index (χ0) is 20.1. The Morgan fingerprint density at radius 1 is 1.10 bits per heavy atom. The van der Waals surface area contributed by atoms with Crippen molar-refractivity contribution in [1.82, 2.24) is 10.3 Å². The number of pyridine rings is 1. The van der Waals surface area contributed by atoms with Crippen LogP contribution >= 0.6 is 11.3 Å². The molecule has 146 valence electrons. The summed E-state index contributed by atoms with van der Waals surface area (Å²) in [6.45, 7) is 4.69. The van der Waals surface area contributed by atoms with E-state index in [2.05, 4.69) is 24.4 Å². The number of rotatable bonds is 3. The molecule has 5 rings (SSSR count). The molecule has 0 saturated heterocycles. The quantitative estimate of drug-likeness (QED) is 0.530. The Kier molecular flexibility index (Phi) is 4.06. The molecule has 0 saturated carbocycles. The number of hydrogen-bond acceptors (Lipinski definition) is 6. The number of nitrogen functional groups attached to an aromatic ring is 1. The first-order valence-electron chi connectivity index (χ1n) is 9.27. The fourth-order valence-electron chi connectivity index (χ4n) is 3.54. The lowest BCUT2D eigenvalue weighted by Gasteiger charge is -2.06. The average molecular weight is 405 g/mol. The maximum absolute atomic E-state index is 12.8. The minimum atomic E-state index is -0.208. The molecule has 0 atom stereocenters. The van der Waals surface area contributed by atoms with E-state index in [1.165, 1.54) is 11.3 Å². The van der Waals surface area contributed by atoms with Crippen molar-refractivity contribution in [1.29, 1.82) is 0 Å². The predicted octanol–water partition coefficient (Wildman–Crippen LogP) is 4.31. The molecular formula is C22H19N3O3S. The molecule has 0 fully saturated rings. The molecule has 2 aromatic carbocycles. The number of thiophene rings is 1. The highest BCUT2D eigenvalue weighted by Gasteiger charge is 2.19. The van der Waals surface area contributed by atoms with Crippen molar-refractivity contribution in [2.45, 2.75) is 20.4 Å². The number of nitrogens with one attached hydrogen (secondary N) is 1. The van der Waals surface area contributed by atoms with Crippen molar-refractivity contribution < 1.29 is 14.3 Å². The van der Waals surface area contributed by atoms with E-state index in [9.17, 15) is 4.79 Å². The molecule has 0 radical (unpaired) electrons. The monoisotopic (exact) mass is 405 g/mol. The topological polar surface area (TPSA) is 86.5 Å². The summed E-state index contributed by atoms with van der Waals surface area (Å²) in [5.74, 6) is 1.21. The molecule has 29 heavy (non-hydrogen) atoms. The number of aryl methyl sites for hydroxylation is 2. The first kappa shape index (κ1) is 17.8. The molecule has 2 aromatic heterocycles. The van der Waals surface area contributed by atoms with E-state index in [1.54, 1.807) is 0 Å². The number of anilines is 1. The molecule has 3 heterocycles. The molecule has 0 spiro atoms. The number of fused-ring (bicyclic) bond motifs is 3. The number of nitrogens with two attached hydrogens (primary N) is 1. The van der Waals surface area contributed by atoms with Crippen molar-refractivity contribution in [3.05, 3.63) is 58.0 Å². The van der Waals surface area contributed by atoms with E-state index >= 15 is 0 Å². The molecule has 0 bridgehead atoms. The highest BCUT2D eigenvalue weighted by atomic mass is 32.1. The fraction of sp³-hybridized carbons (Fsp3) is 0.182. The molecular weight excluding hydrogens is 386 g/mol. The van der Waals surface area contributed by atoms with Crippen LogP contribution in [0.3, 0.4) is 0 Å². The minimum Gasteiger partial charge on any atom is -0.454 e. The van der Waals surface area contributed by atoms with E-state index < -0.39 is 0 Å². The zero-order valence-electron chi connectivity index (χ0n) is 16.0. The standard InChI is InChI=1S/C22H19N3O3S/c1-11-3-4-12(2)19-14(11)8-15-18(23)20(29-22(15)25-19)21(26)24-9-13-5-6-16-17(7-13)28-10-27-16/h3-8H,9-10,23H2,1-2H3,(H,24,26). The van der Waals surface area contributed by atoms with Crippen molar-refractivity contribution in [3.8, 4) is 11.5 Å². The lowest BCUT2D eigenvalue weighted by atomic mass is 10.0. The predicted molar refractivity (Wildman–Crippen MR) is 115 cm³/mol. The van der Waals surface area contributed by atoms with Gasteiger partial charge in [-0.1, -0.05) is 18.2 Å². The Morgan fingerprint density at radius 2 is 1.90 bits per heavy atom. The van der Waals surface area contributed by atoms with E-state index in [-0.39, 0.29) is 12.7 Å². The van der Waals surface area contributed by atoms with Crippen LogP contribution in [0.2, 0.25) is 0 Å². The van der Waals surface area contributed by atoms with E-state index in [0.29, 0.717) is 22.9 Å². The summed E-state index contributed by atoms with van der Waals surface area (Å²) < 4.78 is 10.7. The first-order valence-corrected chi connectivity index (χ1v) is 10.1. The maximum atomic E-state index is 12.8. The lowest BCUT2D eigenvalue weighted by molar-refractivity contribution is 0.0955. The summed E-state index contributed by atoms with van der Waals surface area (Å²) in [5, 5.41) is 4.83. The smallest absolute Gasteiger partial charge is 0.263 e. The molecule has 0 aliphatic carbocycles. The molecule has 1 amide bonds. The van der Waals surface area contributed by atoms with Crippen LogP contribution in [0, 0.1) is 13.8 Å². The number of ether oxygens (including phenoxy) is 2. The fourth-order valence-corrected chi connectivity index (χ4v) is 4.54. The summed E-state index contributed by atoms with van der Waals surface area (Å²) >= 11 is 1.32. The van der Waals surface area contributed by atoms with E-state index in [0.717, 1.165) is 43.6 Å². The van der Waals surface area contributed by atoms with Crippen molar-refractivity contribution in [2.75, 3.05) is 12.5 Å². The van der Waals surface area contributed by atoms with Crippen LogP contribution in [0.1, 0.15) is 26.4 Å². The highest BCUT2D eigenvalue weighted by molar-refractivity contribution is 7.21. The SMILES string of the molecule is Cc1ccc(C)c2nc3sc(C(=O)NCc4ccc5c(c4)OCO5)c(N)c3cc12. The number of aromatic nitrogens is 1. The van der Waals surface area contributed by atoms with Crippen LogP contribution in [0.4, 0.5) is 5.69 Å². The maximum Gasteiger partial charge on any atom is 0.263 e. The Labute approximate surface area is 171 Å². The largest absolute Gasteiger partial charge is 0.454 e. The lowest BCUT2D eigenvalue weighted by Crippen LogP contribution is -2.22. The van der Waals surface area contributed by atoms with Crippen LogP contribution in [0.25, 0.3) is 21.1 Å². The van der Waals surface area contributed by atoms with Crippen molar-refractivity contribution in [3.63, 3.8) is 0 Å². The number of carbonyl (C=O) groups is 1. The van der Waals surface area contributed by atoms with E-state index in [1.807, 2.05) is 31.2 Å². The van der Waals surface area contributed by atoms with Crippen molar-refractivity contribution in [2.24, 2.45) is 0 Å². The summed E-state index contributed by atoms with van der Waals surface area (Å²) in [4.78, 5) is 18.9. The second-order valence-electron chi connectivity index (χ2n) is 7.15. The Morgan fingerprint density at radius 3 is 2.76 bits per heavy atom. The van der Waals surface area contributed by atoms with Gasteiger partial charge in [-0.15, -0.1) is 11.3 Å². The third-order valence-corrected chi connectivity index (χ3v) is 6.31. The number of hydrogen-bond donors (Lipinski definition) is 2. The molecule has 4 aromatic rings. The van der Waals surface area contributed by atoms with Crippen LogP contribution < -0.4 is 20.5 Å². The van der Waals surface area contributed by atoms with Crippen LogP contribution in [-0.2, 0) is 6.54 Å². The van der Waals surface area contributed by atoms with Gasteiger partial charge in [-0.2, -0.15) is 0 Å². The summed E-state index contributed by atoms with van der Waals surface area (Å²) in [6, 6.07) is 11.8. The number of amides is 1. The van der Waals surface area contributed by atoms with Crippen molar-refractivity contribution >= 4 is 44.1 Å². The van der Waals surface area contributed by atoms with Crippen LogP contribution in [0.15, 0.2) is 36.4 Å². The van der Waals surface area contributed by atoms with Gasteiger partial charge in [-0.25, -0.2) is 4.98 Å². The third-order valence-electron chi connectivity index (χ3n) is 5.20. The summed E-state index contributed by atoms with van der Waals surface area (Å²) in [7, 11) is 0. The zero-order valence-corrected chi connectivity index (χ0v) is 16.9. The van der Waals surface area contributed by atoms with Gasteiger partial charge in [0.15, 0.2) is 11.5 Å². The number of nitrogens with zero attached hydrogens (tertiary/aromatic N) is 1. The summed E-state index contributed by atoms with van der Waals surface area (Å²) in [6.07, 6.45) is 0. The number of benzene rings is 2. The van der Waals surface area contributed by atoms with Crippen LogP contribution in [-0.4, -0.2) is 17.7 Å². The highest BCUT2D eigenvalue weighted by Crippen LogP contribution is 2.36. The normalized spacial score (nSPS) is 12.6. The van der Waals surface area contributed by atoms with Gasteiger partial charge < -0.3 is 20.5 Å². The molecule has 6 nitrogen and oxygen atoms in total. The van der Waals surface area contributed by atoms with Gasteiger partial charge >= 0.3 is 0 Å². The van der Waals surface area contributed by atoms with Gasteiger partial charge in [0.05, 0.1) is 11.2 Å². The molecule has 0 unspecified atom stereocenters. The second-order valence-corrected chi connectivity index (χ2v) is 8.15. The molecule has 1 aliphatic rings. The third kappa shape index (κ3) is 2.94. The van der Waals surface area contributed by atoms with Gasteiger partial charge in [0, 0.05) is 17.3 Å². The van der Waals surface area contributed by atoms with Crippen LogP contribution in [0.5, 0.6) is 11.5 Å². The minimum absolute atomic E-state index is 0.208. The van der Waals surface area contributed by atoms with Gasteiger partial charge in [0.1, 0.15) is 9.71 Å². The first-order chi connectivity index (χ1) is 14.0. The summed E-state index contributed by atoms with van der Waals surface area (Å²) in [5.41, 5.74) is 10.9. The Balaban J connectivity index is 1.45. The molecule has 3 N–H and O–H groups in total. The Hall–Kier alpha value is -3.32. The second kappa shape index (κ2) is 6.63. The van der Waals surface area contributed by atoms with E-state index in [4.69, 9.17) is 20.2 Å². The van der Waals surface area contributed by atoms with Gasteiger partial charge in [0.25, 0.3) is 5.91 Å². The molecule has 7 heteroatoms. The van der Waals surface area contributed by atoms with Gasteiger partial charge in [-0.3, -0.25) is 4.79 Å². The molecule has 1 aliphatic heterocycles. The Bertz CT molecular complexity index is 1300. The average Bonchev–Trinajstić information content (AvgIpc) is 3.32.